The van der Waals surface area contributed by atoms with Gasteiger partial charge in [0.05, 0.1) is 6.17 Å². The largest absolute Gasteiger partial charge is 0.317 e. The Kier molecular flexibility index (Phi) is 7.89. The fourth-order valence-corrected chi connectivity index (χ4v) is 0.894. The second-order valence-corrected chi connectivity index (χ2v) is 2.91. The summed E-state index contributed by atoms with van der Waals surface area (Å²) in [6, 6.07) is 0. The van der Waals surface area contributed by atoms with Crippen LogP contribution in [-0.4, -0.2) is 19.3 Å². The van der Waals surface area contributed by atoms with Crippen LogP contribution in [0.3, 0.4) is 0 Å². The van der Waals surface area contributed by atoms with Gasteiger partial charge in [-0.05, 0) is 25.9 Å². The van der Waals surface area contributed by atoms with E-state index in [1.807, 2.05) is 0 Å². The van der Waals surface area contributed by atoms with Gasteiger partial charge in [0.15, 0.2) is 0 Å². The minimum absolute atomic E-state index is 0.159. The van der Waals surface area contributed by atoms with Crippen LogP contribution in [0.5, 0.6) is 0 Å². The maximum absolute atomic E-state index is 5.37. The van der Waals surface area contributed by atoms with E-state index in [1.165, 1.54) is 19.3 Å². The van der Waals surface area contributed by atoms with E-state index in [-0.39, 0.29) is 6.17 Å². The molecule has 3 heteroatoms. The minimum Gasteiger partial charge on any atom is -0.317 e. The summed E-state index contributed by atoms with van der Waals surface area (Å²) >= 11 is 0. The number of hydrogen-bond donors (Lipinski definition) is 3. The summed E-state index contributed by atoms with van der Waals surface area (Å²) in [5.74, 6) is 0. The van der Waals surface area contributed by atoms with Crippen molar-refractivity contribution in [3.05, 3.63) is 0 Å². The van der Waals surface area contributed by atoms with Gasteiger partial charge in [0.25, 0.3) is 0 Å². The van der Waals surface area contributed by atoms with Gasteiger partial charge in [0.1, 0.15) is 0 Å². The Balaban J connectivity index is 2.80. The first-order valence-electron chi connectivity index (χ1n) is 4.49. The maximum atomic E-state index is 5.37. The molecule has 0 radical (unpaired) electrons. The molecule has 0 rings (SSSR count). The normalized spacial score (nSPS) is 10.9. The van der Waals surface area contributed by atoms with Crippen LogP contribution < -0.4 is 16.8 Å². The SMILES string of the molecule is CCCCCNCCC(N)N. The van der Waals surface area contributed by atoms with Crippen molar-refractivity contribution in [3.8, 4) is 0 Å². The topological polar surface area (TPSA) is 64.1 Å². The molecule has 0 saturated carbocycles. The van der Waals surface area contributed by atoms with Crippen LogP contribution in [0.4, 0.5) is 0 Å². The zero-order chi connectivity index (χ0) is 8.53. The summed E-state index contributed by atoms with van der Waals surface area (Å²) in [7, 11) is 0. The third-order valence-corrected chi connectivity index (χ3v) is 1.61. The van der Waals surface area contributed by atoms with E-state index in [0.717, 1.165) is 19.5 Å². The molecule has 68 valence electrons. The van der Waals surface area contributed by atoms with Gasteiger partial charge >= 0.3 is 0 Å². The van der Waals surface area contributed by atoms with Gasteiger partial charge in [-0.1, -0.05) is 19.8 Å². The Morgan fingerprint density at radius 3 is 2.45 bits per heavy atom. The molecule has 0 spiro atoms. The Morgan fingerprint density at radius 2 is 1.91 bits per heavy atom. The monoisotopic (exact) mass is 159 g/mol. The van der Waals surface area contributed by atoms with Crippen molar-refractivity contribution in [1.29, 1.82) is 0 Å². The summed E-state index contributed by atoms with van der Waals surface area (Å²) in [6.45, 7) is 4.25. The molecule has 0 aromatic heterocycles. The molecule has 0 fully saturated rings. The second kappa shape index (κ2) is 7.98. The zero-order valence-corrected chi connectivity index (χ0v) is 7.47. The van der Waals surface area contributed by atoms with E-state index in [0.29, 0.717) is 0 Å². The van der Waals surface area contributed by atoms with E-state index < -0.39 is 0 Å². The highest BCUT2D eigenvalue weighted by Crippen LogP contribution is 1.90. The highest BCUT2D eigenvalue weighted by atomic mass is 14.9. The number of hydrogen-bond acceptors (Lipinski definition) is 3. The van der Waals surface area contributed by atoms with Gasteiger partial charge in [-0.2, -0.15) is 0 Å². The van der Waals surface area contributed by atoms with Crippen LogP contribution in [0, 0.1) is 0 Å². The summed E-state index contributed by atoms with van der Waals surface area (Å²) in [5, 5.41) is 3.29. The van der Waals surface area contributed by atoms with Crippen molar-refractivity contribution in [2.45, 2.75) is 38.8 Å². The van der Waals surface area contributed by atoms with Crippen LogP contribution >= 0.6 is 0 Å². The molecule has 0 bridgehead atoms. The van der Waals surface area contributed by atoms with E-state index in [9.17, 15) is 0 Å². The summed E-state index contributed by atoms with van der Waals surface area (Å²) in [4.78, 5) is 0. The number of nitrogens with one attached hydrogen (secondary N) is 1. The van der Waals surface area contributed by atoms with Gasteiger partial charge in [-0.25, -0.2) is 0 Å². The Bertz CT molecular complexity index is 73.7. The van der Waals surface area contributed by atoms with Crippen LogP contribution in [0.15, 0.2) is 0 Å². The molecule has 0 saturated heterocycles. The molecule has 0 heterocycles. The van der Waals surface area contributed by atoms with Crippen molar-refractivity contribution in [1.82, 2.24) is 5.32 Å². The standard InChI is InChI=1S/C8H21N3/c1-2-3-4-6-11-7-5-8(9)10/h8,11H,2-7,9-10H2,1H3. The van der Waals surface area contributed by atoms with Crippen molar-refractivity contribution in [2.75, 3.05) is 13.1 Å². The lowest BCUT2D eigenvalue weighted by Gasteiger charge is -2.06. The maximum Gasteiger partial charge on any atom is 0.0533 e. The number of unbranched alkanes of at least 4 members (excludes halogenated alkanes) is 2. The van der Waals surface area contributed by atoms with Crippen molar-refractivity contribution in [2.24, 2.45) is 11.5 Å². The number of nitrogens with two attached hydrogens (primary N) is 2. The molecule has 0 aromatic carbocycles. The lowest BCUT2D eigenvalue weighted by molar-refractivity contribution is 0.555. The van der Waals surface area contributed by atoms with E-state index >= 15 is 0 Å². The molecule has 0 aliphatic heterocycles. The van der Waals surface area contributed by atoms with Crippen LogP contribution in [0.2, 0.25) is 0 Å². The average molecular weight is 159 g/mol. The quantitative estimate of drug-likeness (QED) is 0.372. The Labute approximate surface area is 69.5 Å². The smallest absolute Gasteiger partial charge is 0.0533 e. The molecular weight excluding hydrogens is 138 g/mol. The summed E-state index contributed by atoms with van der Waals surface area (Å²) < 4.78 is 0. The average Bonchev–Trinajstić information content (AvgIpc) is 1.96. The summed E-state index contributed by atoms with van der Waals surface area (Å²) in [6.07, 6.45) is 4.55. The molecule has 0 unspecified atom stereocenters. The van der Waals surface area contributed by atoms with Gasteiger partial charge in [0.2, 0.25) is 0 Å². The highest BCUT2D eigenvalue weighted by Gasteiger charge is 1.92. The highest BCUT2D eigenvalue weighted by molar-refractivity contribution is 4.54. The summed E-state index contributed by atoms with van der Waals surface area (Å²) in [5.41, 5.74) is 10.7. The van der Waals surface area contributed by atoms with E-state index in [1.54, 1.807) is 0 Å². The predicted molar refractivity (Wildman–Crippen MR) is 49.2 cm³/mol. The zero-order valence-electron chi connectivity index (χ0n) is 7.47. The van der Waals surface area contributed by atoms with Crippen molar-refractivity contribution in [3.63, 3.8) is 0 Å². The van der Waals surface area contributed by atoms with Crippen LogP contribution in [0.1, 0.15) is 32.6 Å². The first kappa shape index (κ1) is 10.9. The molecule has 0 aromatic rings. The minimum atomic E-state index is -0.159. The molecule has 0 aliphatic rings. The van der Waals surface area contributed by atoms with E-state index in [2.05, 4.69) is 12.2 Å². The van der Waals surface area contributed by atoms with E-state index in [4.69, 9.17) is 11.5 Å². The van der Waals surface area contributed by atoms with Crippen LogP contribution in [0.25, 0.3) is 0 Å². The molecule has 3 nitrogen and oxygen atoms in total. The van der Waals surface area contributed by atoms with Crippen molar-refractivity contribution >= 4 is 0 Å². The van der Waals surface area contributed by atoms with Gasteiger partial charge in [0, 0.05) is 0 Å². The Morgan fingerprint density at radius 1 is 1.18 bits per heavy atom. The Hall–Kier alpha value is -0.120. The first-order valence-corrected chi connectivity index (χ1v) is 4.49. The van der Waals surface area contributed by atoms with Gasteiger partial charge in [-0.15, -0.1) is 0 Å². The molecule has 0 atom stereocenters. The first-order chi connectivity index (χ1) is 5.27. The third kappa shape index (κ3) is 9.88. The predicted octanol–water partition coefficient (Wildman–Crippen LogP) is 0.400. The fourth-order valence-electron chi connectivity index (χ4n) is 0.894. The molecule has 0 amide bonds. The van der Waals surface area contributed by atoms with Crippen molar-refractivity contribution < 1.29 is 0 Å². The molecule has 5 N–H and O–H groups in total. The van der Waals surface area contributed by atoms with Crippen LogP contribution in [-0.2, 0) is 0 Å². The number of rotatable bonds is 7. The molecular formula is C8H21N3. The third-order valence-electron chi connectivity index (χ3n) is 1.61. The van der Waals surface area contributed by atoms with Gasteiger partial charge < -0.3 is 16.8 Å². The lowest BCUT2D eigenvalue weighted by atomic mass is 10.2. The van der Waals surface area contributed by atoms with Gasteiger partial charge in [-0.3, -0.25) is 0 Å². The molecule has 11 heavy (non-hydrogen) atoms. The lowest BCUT2D eigenvalue weighted by Crippen LogP contribution is -2.34. The fraction of sp³-hybridized carbons (Fsp3) is 1.00. The second-order valence-electron chi connectivity index (χ2n) is 2.91. The molecule has 0 aliphatic carbocycles.